The summed E-state index contributed by atoms with van der Waals surface area (Å²) in [6.45, 7) is 4.46. The van der Waals surface area contributed by atoms with Crippen LogP contribution >= 0.6 is 0 Å². The Morgan fingerprint density at radius 2 is 2.04 bits per heavy atom. The van der Waals surface area contributed by atoms with E-state index in [-0.39, 0.29) is 42.5 Å². The van der Waals surface area contributed by atoms with Crippen LogP contribution in [0, 0.1) is 6.92 Å². The first-order valence-electron chi connectivity index (χ1n) is 8.04. The molecule has 0 unspecified atom stereocenters. The van der Waals surface area contributed by atoms with Gasteiger partial charge in [0.2, 0.25) is 0 Å². The molecule has 0 spiro atoms. The van der Waals surface area contributed by atoms with Gasteiger partial charge >= 0.3 is 11.6 Å². The fourth-order valence-electron chi connectivity index (χ4n) is 2.50. The molecule has 0 amide bonds. The molecule has 2 aromatic rings. The summed E-state index contributed by atoms with van der Waals surface area (Å²) in [6.07, 6.45) is 0.323. The third-order valence-electron chi connectivity index (χ3n) is 3.80. The number of methoxy groups -OCH3 is 1. The van der Waals surface area contributed by atoms with Crippen molar-refractivity contribution < 1.29 is 28.5 Å². The topological polar surface area (TPSA) is 95.2 Å². The third kappa shape index (κ3) is 4.51. The van der Waals surface area contributed by atoms with E-state index < -0.39 is 5.63 Å². The van der Waals surface area contributed by atoms with Gasteiger partial charge in [0, 0.05) is 30.5 Å². The van der Waals surface area contributed by atoms with E-state index in [1.54, 1.807) is 27.0 Å². The Bertz CT molecular complexity index is 807. The summed E-state index contributed by atoms with van der Waals surface area (Å²) in [6, 6.07) is 2.97. The SMILES string of the molecule is CCOC(=O)CCc1c(C)c2cc(OCCOC)c(O)cc2oc1=O. The highest BCUT2D eigenvalue weighted by Crippen LogP contribution is 2.33. The summed E-state index contributed by atoms with van der Waals surface area (Å²) < 4.78 is 20.5. The second kappa shape index (κ2) is 8.53. The van der Waals surface area contributed by atoms with E-state index in [4.69, 9.17) is 18.6 Å². The minimum absolute atomic E-state index is 0.0974. The largest absolute Gasteiger partial charge is 0.504 e. The molecule has 1 aromatic carbocycles. The lowest BCUT2D eigenvalue weighted by molar-refractivity contribution is -0.143. The number of carbonyl (C=O) groups excluding carboxylic acids is 1. The molecule has 136 valence electrons. The van der Waals surface area contributed by atoms with Crippen molar-refractivity contribution in [3.63, 3.8) is 0 Å². The van der Waals surface area contributed by atoms with Gasteiger partial charge in [-0.15, -0.1) is 0 Å². The van der Waals surface area contributed by atoms with Crippen LogP contribution in [-0.2, 0) is 20.7 Å². The normalized spacial score (nSPS) is 10.8. The molecule has 0 atom stereocenters. The van der Waals surface area contributed by atoms with E-state index in [9.17, 15) is 14.7 Å². The van der Waals surface area contributed by atoms with Crippen LogP contribution in [0.2, 0.25) is 0 Å². The van der Waals surface area contributed by atoms with Gasteiger partial charge in [-0.1, -0.05) is 0 Å². The van der Waals surface area contributed by atoms with Crippen LogP contribution in [-0.4, -0.2) is 38.0 Å². The maximum Gasteiger partial charge on any atom is 0.339 e. The maximum atomic E-state index is 12.2. The first kappa shape index (κ1) is 18.8. The summed E-state index contributed by atoms with van der Waals surface area (Å²) in [5, 5.41) is 10.6. The van der Waals surface area contributed by atoms with Gasteiger partial charge in [-0.05, 0) is 31.9 Å². The highest BCUT2D eigenvalue weighted by Gasteiger charge is 2.16. The molecule has 0 saturated heterocycles. The lowest BCUT2D eigenvalue weighted by atomic mass is 10.0. The standard InChI is InChI=1S/C18H22O7/c1-4-23-17(20)6-5-12-11(2)13-9-16(24-8-7-22-3)14(19)10-15(13)25-18(12)21/h9-10,19H,4-8H2,1-3H3. The number of benzene rings is 1. The van der Waals surface area contributed by atoms with Crippen LogP contribution in [0.4, 0.5) is 0 Å². The van der Waals surface area contributed by atoms with Crippen molar-refractivity contribution >= 4 is 16.9 Å². The molecule has 0 fully saturated rings. The van der Waals surface area contributed by atoms with Crippen molar-refractivity contribution in [3.8, 4) is 11.5 Å². The van der Waals surface area contributed by atoms with E-state index in [1.165, 1.54) is 6.07 Å². The van der Waals surface area contributed by atoms with E-state index >= 15 is 0 Å². The molecule has 2 rings (SSSR count). The van der Waals surface area contributed by atoms with E-state index in [0.29, 0.717) is 29.7 Å². The van der Waals surface area contributed by atoms with Crippen LogP contribution in [0.3, 0.4) is 0 Å². The number of phenols is 1. The number of aromatic hydroxyl groups is 1. The van der Waals surface area contributed by atoms with Crippen molar-refractivity contribution in [2.75, 3.05) is 26.9 Å². The lowest BCUT2D eigenvalue weighted by Gasteiger charge is -2.11. The van der Waals surface area contributed by atoms with E-state index in [2.05, 4.69) is 0 Å². The monoisotopic (exact) mass is 350 g/mol. The second-order valence-corrected chi connectivity index (χ2v) is 5.46. The highest BCUT2D eigenvalue weighted by atomic mass is 16.5. The van der Waals surface area contributed by atoms with Crippen molar-refractivity contribution in [1.82, 2.24) is 0 Å². The maximum absolute atomic E-state index is 12.2. The van der Waals surface area contributed by atoms with Gasteiger partial charge < -0.3 is 23.7 Å². The van der Waals surface area contributed by atoms with Gasteiger partial charge in [-0.2, -0.15) is 0 Å². The van der Waals surface area contributed by atoms with Crippen LogP contribution in [0.15, 0.2) is 21.3 Å². The van der Waals surface area contributed by atoms with Gasteiger partial charge in [0.1, 0.15) is 12.2 Å². The van der Waals surface area contributed by atoms with Gasteiger partial charge in [0.25, 0.3) is 0 Å². The minimum Gasteiger partial charge on any atom is -0.504 e. The van der Waals surface area contributed by atoms with Crippen LogP contribution in [0.1, 0.15) is 24.5 Å². The molecule has 0 aliphatic carbocycles. The van der Waals surface area contributed by atoms with Gasteiger partial charge in [0.15, 0.2) is 11.5 Å². The summed E-state index contributed by atoms with van der Waals surface area (Å²) in [5.74, 6) is -0.209. The van der Waals surface area contributed by atoms with E-state index in [0.717, 1.165) is 0 Å². The fraction of sp³-hybridized carbons (Fsp3) is 0.444. The second-order valence-electron chi connectivity index (χ2n) is 5.46. The Morgan fingerprint density at radius 1 is 1.28 bits per heavy atom. The van der Waals surface area contributed by atoms with Gasteiger partial charge in [0.05, 0.1) is 13.2 Å². The zero-order chi connectivity index (χ0) is 18.4. The Morgan fingerprint density at radius 3 is 2.72 bits per heavy atom. The smallest absolute Gasteiger partial charge is 0.339 e. The average Bonchev–Trinajstić information content (AvgIpc) is 2.56. The number of esters is 1. The van der Waals surface area contributed by atoms with Crippen LogP contribution in [0.25, 0.3) is 11.0 Å². The molecule has 0 bridgehead atoms. The quantitative estimate of drug-likeness (QED) is 0.443. The number of hydrogen-bond donors (Lipinski definition) is 1. The predicted molar refractivity (Wildman–Crippen MR) is 91.2 cm³/mol. The lowest BCUT2D eigenvalue weighted by Crippen LogP contribution is -2.14. The molecular weight excluding hydrogens is 328 g/mol. The molecule has 0 aliphatic heterocycles. The predicted octanol–water partition coefficient (Wildman–Crippen LogP) is 2.33. The summed E-state index contributed by atoms with van der Waals surface area (Å²) in [7, 11) is 1.55. The third-order valence-corrected chi connectivity index (χ3v) is 3.80. The molecule has 1 N–H and O–H groups in total. The number of ether oxygens (including phenoxy) is 3. The Hall–Kier alpha value is -2.54. The average molecular weight is 350 g/mol. The number of aryl methyl sites for hydroxylation is 1. The number of rotatable bonds is 8. The minimum atomic E-state index is -0.526. The van der Waals surface area contributed by atoms with Crippen LogP contribution < -0.4 is 10.4 Å². The highest BCUT2D eigenvalue weighted by molar-refractivity contribution is 5.84. The number of carbonyl (C=O) groups is 1. The zero-order valence-corrected chi connectivity index (χ0v) is 14.6. The van der Waals surface area contributed by atoms with Crippen LogP contribution in [0.5, 0.6) is 11.5 Å². The Kier molecular flexibility index (Phi) is 6.41. The van der Waals surface area contributed by atoms with Crippen molar-refractivity contribution in [2.45, 2.75) is 26.7 Å². The summed E-state index contributed by atoms with van der Waals surface area (Å²) >= 11 is 0. The summed E-state index contributed by atoms with van der Waals surface area (Å²) in [5.41, 5.74) is 0.835. The van der Waals surface area contributed by atoms with Gasteiger partial charge in [-0.25, -0.2) is 4.79 Å². The molecule has 0 aliphatic rings. The molecule has 0 saturated carbocycles. The molecule has 0 radical (unpaired) electrons. The Labute approximate surface area is 145 Å². The van der Waals surface area contributed by atoms with Crippen molar-refractivity contribution in [1.29, 1.82) is 0 Å². The molecule has 7 nitrogen and oxygen atoms in total. The number of phenolic OH excluding ortho intramolecular Hbond substituents is 1. The first-order valence-corrected chi connectivity index (χ1v) is 8.04. The van der Waals surface area contributed by atoms with E-state index in [1.807, 2.05) is 0 Å². The molecular formula is C18H22O7. The number of hydrogen-bond acceptors (Lipinski definition) is 7. The van der Waals surface area contributed by atoms with Gasteiger partial charge in [-0.3, -0.25) is 4.79 Å². The molecule has 7 heteroatoms. The molecule has 25 heavy (non-hydrogen) atoms. The number of fused-ring (bicyclic) bond motifs is 1. The molecule has 1 aromatic heterocycles. The zero-order valence-electron chi connectivity index (χ0n) is 14.6. The first-order chi connectivity index (χ1) is 12.0. The molecule has 1 heterocycles. The van der Waals surface area contributed by atoms with Crippen molar-refractivity contribution in [3.05, 3.63) is 33.7 Å². The Balaban J connectivity index is 2.36. The summed E-state index contributed by atoms with van der Waals surface area (Å²) in [4.78, 5) is 23.7. The van der Waals surface area contributed by atoms with Crippen molar-refractivity contribution in [2.24, 2.45) is 0 Å². The fourth-order valence-corrected chi connectivity index (χ4v) is 2.50.